The number of rotatable bonds is 7. The lowest BCUT2D eigenvalue weighted by Gasteiger charge is -2.31. The highest BCUT2D eigenvalue weighted by molar-refractivity contribution is 5.78. The van der Waals surface area contributed by atoms with E-state index in [1.165, 1.54) is 16.7 Å². The number of carbonyl (C=O) groups excluding carboxylic acids is 1. The molecule has 0 unspecified atom stereocenters. The van der Waals surface area contributed by atoms with Gasteiger partial charge in [-0.1, -0.05) is 42.0 Å². The van der Waals surface area contributed by atoms with Gasteiger partial charge in [0.25, 0.3) is 0 Å². The first-order chi connectivity index (χ1) is 13.5. The summed E-state index contributed by atoms with van der Waals surface area (Å²) in [6.45, 7) is 10.3. The third-order valence-corrected chi connectivity index (χ3v) is 5.60. The number of ether oxygens (including phenoxy) is 1. The lowest BCUT2D eigenvalue weighted by molar-refractivity contribution is -0.126. The summed E-state index contributed by atoms with van der Waals surface area (Å²) in [6.07, 6.45) is 1.85. The summed E-state index contributed by atoms with van der Waals surface area (Å²) in [7, 11) is 0. The molecule has 0 aliphatic carbocycles. The molecule has 0 saturated carbocycles. The van der Waals surface area contributed by atoms with Crippen LogP contribution in [0.1, 0.15) is 35.1 Å². The van der Waals surface area contributed by atoms with Crippen molar-refractivity contribution in [3.05, 3.63) is 64.7 Å². The summed E-state index contributed by atoms with van der Waals surface area (Å²) >= 11 is 0. The van der Waals surface area contributed by atoms with Crippen molar-refractivity contribution in [3.63, 3.8) is 0 Å². The van der Waals surface area contributed by atoms with E-state index in [0.29, 0.717) is 13.2 Å². The van der Waals surface area contributed by atoms with Crippen LogP contribution in [-0.4, -0.2) is 37.0 Å². The van der Waals surface area contributed by atoms with E-state index in [4.69, 9.17) is 4.74 Å². The number of carbonyl (C=O) groups is 1. The number of nitrogens with one attached hydrogen (secondary N) is 1. The third-order valence-electron chi connectivity index (χ3n) is 5.60. The molecule has 150 valence electrons. The van der Waals surface area contributed by atoms with Crippen LogP contribution in [0.4, 0.5) is 0 Å². The molecule has 0 aromatic heterocycles. The average Bonchev–Trinajstić information content (AvgIpc) is 2.69. The molecule has 0 bridgehead atoms. The van der Waals surface area contributed by atoms with Crippen LogP contribution in [0.15, 0.2) is 42.5 Å². The van der Waals surface area contributed by atoms with Gasteiger partial charge in [0.15, 0.2) is 0 Å². The maximum Gasteiger partial charge on any atom is 0.223 e. The molecule has 0 atom stereocenters. The Kier molecular flexibility index (Phi) is 7.10. The summed E-state index contributed by atoms with van der Waals surface area (Å²) in [5, 5.41) is 3.04. The highest BCUT2D eigenvalue weighted by Crippen LogP contribution is 2.21. The highest BCUT2D eigenvalue weighted by Gasteiger charge is 2.24. The van der Waals surface area contributed by atoms with Crippen molar-refractivity contribution in [2.45, 2.75) is 40.2 Å². The minimum absolute atomic E-state index is 0.120. The predicted octanol–water partition coefficient (Wildman–Crippen LogP) is 4.02. The van der Waals surface area contributed by atoms with E-state index in [0.717, 1.165) is 43.8 Å². The normalized spacial score (nSPS) is 15.4. The molecule has 1 aliphatic heterocycles. The van der Waals surface area contributed by atoms with Gasteiger partial charge in [-0.25, -0.2) is 0 Å². The predicted molar refractivity (Wildman–Crippen MR) is 114 cm³/mol. The van der Waals surface area contributed by atoms with Gasteiger partial charge in [-0.15, -0.1) is 0 Å². The Labute approximate surface area is 168 Å². The van der Waals surface area contributed by atoms with Gasteiger partial charge in [0.05, 0.1) is 6.54 Å². The van der Waals surface area contributed by atoms with Crippen molar-refractivity contribution < 1.29 is 9.53 Å². The lowest BCUT2D eigenvalue weighted by Crippen LogP contribution is -2.41. The van der Waals surface area contributed by atoms with E-state index in [1.54, 1.807) is 0 Å². The van der Waals surface area contributed by atoms with Crippen LogP contribution < -0.4 is 10.1 Å². The first-order valence-electron chi connectivity index (χ1n) is 10.3. The molecule has 1 fully saturated rings. The standard InChI is InChI=1S/C24H32N2O2/c1-18-8-9-23(20(3)16-18)28-15-12-25-24(27)21-10-13-26(14-11-21)17-22-7-5-4-6-19(22)2/h4-9,16,21H,10-15,17H2,1-3H3,(H,25,27). The lowest BCUT2D eigenvalue weighted by atomic mass is 9.95. The molecule has 3 rings (SSSR count). The van der Waals surface area contributed by atoms with Crippen molar-refractivity contribution in [1.82, 2.24) is 10.2 Å². The van der Waals surface area contributed by atoms with Crippen molar-refractivity contribution in [2.75, 3.05) is 26.2 Å². The Morgan fingerprint density at radius 3 is 2.54 bits per heavy atom. The number of amides is 1. The molecular formula is C24H32N2O2. The maximum absolute atomic E-state index is 12.5. The average molecular weight is 381 g/mol. The minimum atomic E-state index is 0.120. The van der Waals surface area contributed by atoms with Gasteiger partial charge in [0.1, 0.15) is 12.4 Å². The molecule has 4 heteroatoms. The molecule has 4 nitrogen and oxygen atoms in total. The highest BCUT2D eigenvalue weighted by atomic mass is 16.5. The van der Waals surface area contributed by atoms with Crippen molar-refractivity contribution in [3.8, 4) is 5.75 Å². The number of likely N-dealkylation sites (tertiary alicyclic amines) is 1. The Balaban J connectivity index is 1.36. The second-order valence-electron chi connectivity index (χ2n) is 7.89. The van der Waals surface area contributed by atoms with Gasteiger partial charge in [-0.05, 0) is 69.5 Å². The fourth-order valence-electron chi connectivity index (χ4n) is 3.82. The topological polar surface area (TPSA) is 41.6 Å². The Morgan fingerprint density at radius 2 is 1.82 bits per heavy atom. The molecule has 0 spiro atoms. The Bertz CT molecular complexity index is 795. The van der Waals surface area contributed by atoms with Crippen LogP contribution >= 0.6 is 0 Å². The van der Waals surface area contributed by atoms with Crippen molar-refractivity contribution in [2.24, 2.45) is 5.92 Å². The summed E-state index contributed by atoms with van der Waals surface area (Å²) in [5.41, 5.74) is 5.08. The Hall–Kier alpha value is -2.33. The first kappa shape index (κ1) is 20.4. The second kappa shape index (κ2) is 9.74. The van der Waals surface area contributed by atoms with E-state index < -0.39 is 0 Å². The zero-order valence-electron chi connectivity index (χ0n) is 17.3. The summed E-state index contributed by atoms with van der Waals surface area (Å²) in [4.78, 5) is 14.9. The second-order valence-corrected chi connectivity index (χ2v) is 7.89. The van der Waals surface area contributed by atoms with Crippen LogP contribution in [-0.2, 0) is 11.3 Å². The number of nitrogens with zero attached hydrogens (tertiary/aromatic N) is 1. The van der Waals surface area contributed by atoms with Crippen LogP contribution in [0.5, 0.6) is 5.75 Å². The molecule has 2 aromatic carbocycles. The SMILES string of the molecule is Cc1ccc(OCCNC(=O)C2CCN(Cc3ccccc3C)CC2)c(C)c1. The number of hydrogen-bond acceptors (Lipinski definition) is 3. The molecular weight excluding hydrogens is 348 g/mol. The zero-order chi connectivity index (χ0) is 19.9. The number of benzene rings is 2. The van der Waals surface area contributed by atoms with Gasteiger partial charge >= 0.3 is 0 Å². The maximum atomic E-state index is 12.5. The fourth-order valence-corrected chi connectivity index (χ4v) is 3.82. The van der Waals surface area contributed by atoms with E-state index in [1.807, 2.05) is 19.1 Å². The summed E-state index contributed by atoms with van der Waals surface area (Å²) in [5.74, 6) is 1.18. The van der Waals surface area contributed by atoms with E-state index in [2.05, 4.69) is 54.4 Å². The molecule has 1 aliphatic rings. The zero-order valence-corrected chi connectivity index (χ0v) is 17.3. The van der Waals surface area contributed by atoms with Crippen LogP contribution in [0.25, 0.3) is 0 Å². The van der Waals surface area contributed by atoms with E-state index >= 15 is 0 Å². The summed E-state index contributed by atoms with van der Waals surface area (Å²) in [6, 6.07) is 14.7. The molecule has 1 N–H and O–H groups in total. The number of hydrogen-bond donors (Lipinski definition) is 1. The molecule has 1 heterocycles. The van der Waals surface area contributed by atoms with Crippen LogP contribution in [0.2, 0.25) is 0 Å². The molecule has 1 amide bonds. The smallest absolute Gasteiger partial charge is 0.223 e. The molecule has 0 radical (unpaired) electrons. The molecule has 1 saturated heterocycles. The van der Waals surface area contributed by atoms with Gasteiger partial charge in [-0.2, -0.15) is 0 Å². The molecule has 28 heavy (non-hydrogen) atoms. The summed E-state index contributed by atoms with van der Waals surface area (Å²) < 4.78 is 5.80. The van der Waals surface area contributed by atoms with Gasteiger partial charge in [0.2, 0.25) is 5.91 Å². The van der Waals surface area contributed by atoms with Crippen LogP contribution in [0.3, 0.4) is 0 Å². The van der Waals surface area contributed by atoms with Crippen molar-refractivity contribution in [1.29, 1.82) is 0 Å². The van der Waals surface area contributed by atoms with Crippen LogP contribution in [0, 0.1) is 26.7 Å². The largest absolute Gasteiger partial charge is 0.491 e. The number of piperidine rings is 1. The first-order valence-corrected chi connectivity index (χ1v) is 10.3. The van der Waals surface area contributed by atoms with Gasteiger partial charge in [0, 0.05) is 12.5 Å². The number of aryl methyl sites for hydroxylation is 3. The van der Waals surface area contributed by atoms with E-state index in [9.17, 15) is 4.79 Å². The monoisotopic (exact) mass is 380 g/mol. The Morgan fingerprint density at radius 1 is 1.07 bits per heavy atom. The van der Waals surface area contributed by atoms with E-state index in [-0.39, 0.29) is 11.8 Å². The third kappa shape index (κ3) is 5.59. The quantitative estimate of drug-likeness (QED) is 0.738. The minimum Gasteiger partial charge on any atom is -0.491 e. The van der Waals surface area contributed by atoms with Gasteiger partial charge in [-0.3, -0.25) is 9.69 Å². The molecule has 2 aromatic rings. The van der Waals surface area contributed by atoms with Gasteiger partial charge < -0.3 is 10.1 Å². The fraction of sp³-hybridized carbons (Fsp3) is 0.458. The van der Waals surface area contributed by atoms with Crippen molar-refractivity contribution >= 4 is 5.91 Å².